The normalized spacial score (nSPS) is 11.2. The molecule has 0 spiro atoms. The number of hydrogen-bond acceptors (Lipinski definition) is 2. The van der Waals surface area contributed by atoms with E-state index in [-0.39, 0.29) is 0 Å². The van der Waals surface area contributed by atoms with Crippen molar-refractivity contribution in [2.75, 3.05) is 0 Å². The van der Waals surface area contributed by atoms with Gasteiger partial charge in [-0.1, -0.05) is 44.2 Å². The van der Waals surface area contributed by atoms with E-state index in [2.05, 4.69) is 36.6 Å². The quantitative estimate of drug-likeness (QED) is 0.698. The van der Waals surface area contributed by atoms with E-state index in [4.69, 9.17) is 9.72 Å². The van der Waals surface area contributed by atoms with Crippen LogP contribution in [-0.4, -0.2) is 9.55 Å². The fraction of sp³-hybridized carbons (Fsp3) is 0.278. The molecule has 3 nitrogen and oxygen atoms in total. The molecule has 2 aromatic carbocycles. The van der Waals surface area contributed by atoms with E-state index in [1.54, 1.807) is 0 Å². The number of fused-ring (bicyclic) bond motifs is 1. The Kier molecular flexibility index (Phi) is 3.91. The highest BCUT2D eigenvalue weighted by atomic mass is 16.5. The summed E-state index contributed by atoms with van der Waals surface area (Å²) in [5.41, 5.74) is 2.21. The molecule has 21 heavy (non-hydrogen) atoms. The summed E-state index contributed by atoms with van der Waals surface area (Å²) < 4.78 is 8.13. The molecule has 0 unspecified atom stereocenters. The van der Waals surface area contributed by atoms with Crippen molar-refractivity contribution in [3.05, 3.63) is 60.4 Å². The van der Waals surface area contributed by atoms with Crippen molar-refractivity contribution in [2.24, 2.45) is 5.92 Å². The topological polar surface area (TPSA) is 27.1 Å². The Labute approximate surface area is 125 Å². The Hall–Kier alpha value is -2.29. The van der Waals surface area contributed by atoms with Crippen LogP contribution in [0.25, 0.3) is 11.0 Å². The van der Waals surface area contributed by atoms with E-state index in [9.17, 15) is 0 Å². The zero-order chi connectivity index (χ0) is 14.7. The third-order valence-electron chi connectivity index (χ3n) is 3.39. The third-order valence-corrected chi connectivity index (χ3v) is 3.39. The van der Waals surface area contributed by atoms with Gasteiger partial charge in [0, 0.05) is 6.54 Å². The Morgan fingerprint density at radius 2 is 1.71 bits per heavy atom. The molecule has 0 bridgehead atoms. The summed E-state index contributed by atoms with van der Waals surface area (Å²) in [4.78, 5) is 4.72. The van der Waals surface area contributed by atoms with Gasteiger partial charge in [-0.2, -0.15) is 0 Å². The van der Waals surface area contributed by atoms with Crippen LogP contribution >= 0.6 is 0 Å². The molecule has 3 heteroatoms. The minimum Gasteiger partial charge on any atom is -0.486 e. The first kappa shape index (κ1) is 13.7. The Morgan fingerprint density at radius 1 is 1.00 bits per heavy atom. The van der Waals surface area contributed by atoms with Crippen molar-refractivity contribution in [1.82, 2.24) is 9.55 Å². The van der Waals surface area contributed by atoms with Crippen molar-refractivity contribution in [1.29, 1.82) is 0 Å². The molecule has 0 aliphatic heterocycles. The molecule has 0 saturated carbocycles. The largest absolute Gasteiger partial charge is 0.486 e. The number of para-hydroxylation sites is 3. The highest BCUT2D eigenvalue weighted by molar-refractivity contribution is 5.75. The third kappa shape index (κ3) is 3.07. The van der Waals surface area contributed by atoms with Crippen LogP contribution in [-0.2, 0) is 13.2 Å². The lowest BCUT2D eigenvalue weighted by Crippen LogP contribution is -2.10. The van der Waals surface area contributed by atoms with Crippen molar-refractivity contribution < 1.29 is 4.74 Å². The van der Waals surface area contributed by atoms with Crippen LogP contribution in [0.15, 0.2) is 54.6 Å². The molecule has 0 aliphatic carbocycles. The van der Waals surface area contributed by atoms with E-state index < -0.39 is 0 Å². The van der Waals surface area contributed by atoms with Gasteiger partial charge >= 0.3 is 0 Å². The first-order valence-corrected chi connectivity index (χ1v) is 7.36. The Balaban J connectivity index is 1.89. The zero-order valence-electron chi connectivity index (χ0n) is 12.5. The highest BCUT2D eigenvalue weighted by Gasteiger charge is 2.12. The summed E-state index contributed by atoms with van der Waals surface area (Å²) in [6, 6.07) is 18.1. The second-order valence-corrected chi connectivity index (χ2v) is 5.62. The SMILES string of the molecule is CC(C)Cn1c(COc2ccccc2)nc2ccccc21. The fourth-order valence-electron chi connectivity index (χ4n) is 2.47. The lowest BCUT2D eigenvalue weighted by molar-refractivity contribution is 0.287. The van der Waals surface area contributed by atoms with Gasteiger partial charge in [0.2, 0.25) is 0 Å². The van der Waals surface area contributed by atoms with Crippen LogP contribution in [0.5, 0.6) is 5.75 Å². The predicted molar refractivity (Wildman–Crippen MR) is 85.3 cm³/mol. The molecule has 0 atom stereocenters. The maximum atomic E-state index is 5.86. The monoisotopic (exact) mass is 280 g/mol. The van der Waals surface area contributed by atoms with Gasteiger partial charge in [0.1, 0.15) is 18.2 Å². The summed E-state index contributed by atoms with van der Waals surface area (Å²) in [7, 11) is 0. The Morgan fingerprint density at radius 3 is 2.48 bits per heavy atom. The lowest BCUT2D eigenvalue weighted by Gasteiger charge is -2.12. The molecule has 1 aromatic heterocycles. The molecular formula is C18H20N2O. The molecule has 0 fully saturated rings. The number of imidazole rings is 1. The number of hydrogen-bond donors (Lipinski definition) is 0. The summed E-state index contributed by atoms with van der Waals surface area (Å²) in [5, 5.41) is 0. The number of benzene rings is 2. The van der Waals surface area contributed by atoms with Gasteiger partial charge in [-0.15, -0.1) is 0 Å². The van der Waals surface area contributed by atoms with Gasteiger partial charge in [-0.3, -0.25) is 0 Å². The number of aromatic nitrogens is 2. The van der Waals surface area contributed by atoms with E-state index in [1.807, 2.05) is 36.4 Å². The second-order valence-electron chi connectivity index (χ2n) is 5.62. The molecule has 0 N–H and O–H groups in total. The zero-order valence-corrected chi connectivity index (χ0v) is 12.5. The highest BCUT2D eigenvalue weighted by Crippen LogP contribution is 2.19. The molecule has 0 amide bonds. The minimum absolute atomic E-state index is 0.491. The van der Waals surface area contributed by atoms with E-state index in [0.717, 1.165) is 23.6 Å². The fourth-order valence-corrected chi connectivity index (χ4v) is 2.47. The summed E-state index contributed by atoms with van der Waals surface area (Å²) in [6.07, 6.45) is 0. The van der Waals surface area contributed by atoms with Crippen molar-refractivity contribution >= 4 is 11.0 Å². The van der Waals surface area contributed by atoms with Crippen molar-refractivity contribution in [3.63, 3.8) is 0 Å². The second kappa shape index (κ2) is 6.00. The average molecular weight is 280 g/mol. The van der Waals surface area contributed by atoms with Crippen LogP contribution < -0.4 is 4.74 Å². The van der Waals surface area contributed by atoms with Crippen molar-refractivity contribution in [2.45, 2.75) is 27.0 Å². The van der Waals surface area contributed by atoms with Gasteiger partial charge in [-0.05, 0) is 30.2 Å². The van der Waals surface area contributed by atoms with Gasteiger partial charge in [0.15, 0.2) is 0 Å². The van der Waals surface area contributed by atoms with Crippen LogP contribution in [0.3, 0.4) is 0 Å². The van der Waals surface area contributed by atoms with Gasteiger partial charge < -0.3 is 9.30 Å². The lowest BCUT2D eigenvalue weighted by atomic mass is 10.2. The maximum Gasteiger partial charge on any atom is 0.148 e. The molecule has 108 valence electrons. The van der Waals surface area contributed by atoms with E-state index >= 15 is 0 Å². The standard InChI is InChI=1S/C18H20N2O/c1-14(2)12-20-17-11-7-6-10-16(17)19-18(20)13-21-15-8-4-3-5-9-15/h3-11,14H,12-13H2,1-2H3. The van der Waals surface area contributed by atoms with Gasteiger partial charge in [0.05, 0.1) is 11.0 Å². The average Bonchev–Trinajstić information content (AvgIpc) is 2.84. The summed E-state index contributed by atoms with van der Waals surface area (Å²) in [6.45, 7) is 5.88. The molecule has 3 rings (SSSR count). The van der Waals surface area contributed by atoms with Gasteiger partial charge in [0.25, 0.3) is 0 Å². The number of rotatable bonds is 5. The van der Waals surface area contributed by atoms with Crippen molar-refractivity contribution in [3.8, 4) is 5.75 Å². The smallest absolute Gasteiger partial charge is 0.148 e. The van der Waals surface area contributed by atoms with Crippen LogP contribution in [0.1, 0.15) is 19.7 Å². The minimum atomic E-state index is 0.491. The summed E-state index contributed by atoms with van der Waals surface area (Å²) >= 11 is 0. The van der Waals surface area contributed by atoms with E-state index in [0.29, 0.717) is 12.5 Å². The Bertz CT molecular complexity index is 716. The number of ether oxygens (including phenoxy) is 1. The molecule has 3 aromatic rings. The van der Waals surface area contributed by atoms with E-state index in [1.165, 1.54) is 5.52 Å². The first-order chi connectivity index (χ1) is 10.2. The van der Waals surface area contributed by atoms with Crippen LogP contribution in [0.4, 0.5) is 0 Å². The summed E-state index contributed by atoms with van der Waals surface area (Å²) in [5.74, 6) is 2.42. The first-order valence-electron chi connectivity index (χ1n) is 7.36. The predicted octanol–water partition coefficient (Wildman–Crippen LogP) is 4.27. The van der Waals surface area contributed by atoms with Gasteiger partial charge in [-0.25, -0.2) is 4.98 Å². The number of nitrogens with zero attached hydrogens (tertiary/aromatic N) is 2. The molecule has 0 aliphatic rings. The molecular weight excluding hydrogens is 260 g/mol. The van der Waals surface area contributed by atoms with Crippen LogP contribution in [0.2, 0.25) is 0 Å². The maximum absolute atomic E-state index is 5.86. The molecule has 1 heterocycles. The molecule has 0 radical (unpaired) electrons. The van der Waals surface area contributed by atoms with Crippen LogP contribution in [0, 0.1) is 5.92 Å². The molecule has 0 saturated heterocycles.